The second-order valence-corrected chi connectivity index (χ2v) is 6.69. The standard InChI is InChI=1S/C18H23N5O3/c1-22-8-4-15(5-9-22)23(12-13-2-6-19-7-3-13)16(24)10-14-11-20-18(26)21-17(14)25/h2-3,6-7,11,15H,4-5,8-10,12H2,1H3,(H2,20,21,25,26). The Balaban J connectivity index is 1.80. The van der Waals surface area contributed by atoms with Gasteiger partial charge in [0.2, 0.25) is 5.91 Å². The zero-order valence-corrected chi connectivity index (χ0v) is 14.8. The molecule has 1 aliphatic heterocycles. The Bertz CT molecular complexity index is 853. The molecular weight excluding hydrogens is 334 g/mol. The molecule has 2 aromatic heterocycles. The lowest BCUT2D eigenvalue weighted by Crippen LogP contribution is -2.47. The van der Waals surface area contributed by atoms with Gasteiger partial charge in [-0.1, -0.05) is 0 Å². The summed E-state index contributed by atoms with van der Waals surface area (Å²) < 4.78 is 0. The molecule has 2 aromatic rings. The lowest BCUT2D eigenvalue weighted by Gasteiger charge is -2.37. The van der Waals surface area contributed by atoms with E-state index in [2.05, 4.69) is 26.9 Å². The average Bonchev–Trinajstić information content (AvgIpc) is 2.64. The van der Waals surface area contributed by atoms with Crippen LogP contribution >= 0.6 is 0 Å². The minimum atomic E-state index is -0.574. The first-order chi connectivity index (χ1) is 12.5. The number of nitrogens with one attached hydrogen (secondary N) is 2. The summed E-state index contributed by atoms with van der Waals surface area (Å²) in [5, 5.41) is 0. The molecule has 0 bridgehead atoms. The molecule has 26 heavy (non-hydrogen) atoms. The molecule has 0 aromatic carbocycles. The van der Waals surface area contributed by atoms with Gasteiger partial charge in [0.05, 0.1) is 6.42 Å². The first kappa shape index (κ1) is 18.1. The second-order valence-electron chi connectivity index (χ2n) is 6.69. The van der Waals surface area contributed by atoms with Crippen molar-refractivity contribution in [1.29, 1.82) is 0 Å². The van der Waals surface area contributed by atoms with Crippen LogP contribution < -0.4 is 11.2 Å². The molecule has 1 amide bonds. The SMILES string of the molecule is CN1CCC(N(Cc2ccncc2)C(=O)Cc2c[nH]c(=O)[nH]c2=O)CC1. The van der Waals surface area contributed by atoms with Gasteiger partial charge in [0.1, 0.15) is 0 Å². The van der Waals surface area contributed by atoms with Crippen LogP contribution in [0.25, 0.3) is 0 Å². The minimum absolute atomic E-state index is 0.0382. The fourth-order valence-corrected chi connectivity index (χ4v) is 3.25. The molecule has 0 spiro atoms. The highest BCUT2D eigenvalue weighted by atomic mass is 16.2. The molecule has 3 rings (SSSR count). The number of likely N-dealkylation sites (tertiary alicyclic amines) is 1. The molecule has 8 nitrogen and oxygen atoms in total. The fraction of sp³-hybridized carbons (Fsp3) is 0.444. The number of aromatic amines is 2. The van der Waals surface area contributed by atoms with Crippen LogP contribution in [0.15, 0.2) is 40.3 Å². The summed E-state index contributed by atoms with van der Waals surface area (Å²) in [6.45, 7) is 2.35. The summed E-state index contributed by atoms with van der Waals surface area (Å²) in [6.07, 6.45) is 6.49. The summed E-state index contributed by atoms with van der Waals surface area (Å²) in [6, 6.07) is 3.91. The number of aromatic nitrogens is 3. The normalized spacial score (nSPS) is 15.7. The number of carbonyl (C=O) groups excluding carboxylic acids is 1. The monoisotopic (exact) mass is 357 g/mol. The van der Waals surface area contributed by atoms with Gasteiger partial charge in [0, 0.05) is 36.7 Å². The highest BCUT2D eigenvalue weighted by Crippen LogP contribution is 2.19. The Hall–Kier alpha value is -2.74. The van der Waals surface area contributed by atoms with Gasteiger partial charge < -0.3 is 14.8 Å². The Morgan fingerprint density at radius 2 is 1.96 bits per heavy atom. The molecule has 0 saturated carbocycles. The van der Waals surface area contributed by atoms with E-state index in [9.17, 15) is 14.4 Å². The minimum Gasteiger partial charge on any atom is -0.335 e. The maximum atomic E-state index is 13.0. The predicted octanol–water partition coefficient (Wildman–Crippen LogP) is 0.124. The number of carbonyl (C=O) groups is 1. The van der Waals surface area contributed by atoms with Crippen LogP contribution in [0, 0.1) is 0 Å². The van der Waals surface area contributed by atoms with E-state index < -0.39 is 11.2 Å². The third-order valence-electron chi connectivity index (χ3n) is 4.79. The van der Waals surface area contributed by atoms with E-state index in [-0.39, 0.29) is 23.9 Å². The summed E-state index contributed by atoms with van der Waals surface area (Å²) in [5.41, 5.74) is 0.175. The molecule has 1 saturated heterocycles. The zero-order valence-electron chi connectivity index (χ0n) is 14.8. The number of amides is 1. The van der Waals surface area contributed by atoms with Crippen molar-refractivity contribution in [3.8, 4) is 0 Å². The molecular formula is C18H23N5O3. The van der Waals surface area contributed by atoms with Crippen LogP contribution in [0.1, 0.15) is 24.0 Å². The van der Waals surface area contributed by atoms with Gasteiger partial charge in [0.25, 0.3) is 5.56 Å². The number of nitrogens with zero attached hydrogens (tertiary/aromatic N) is 3. The lowest BCUT2D eigenvalue weighted by molar-refractivity contribution is -0.134. The van der Waals surface area contributed by atoms with Crippen molar-refractivity contribution in [3.63, 3.8) is 0 Å². The molecule has 1 fully saturated rings. The first-order valence-corrected chi connectivity index (χ1v) is 8.70. The van der Waals surface area contributed by atoms with Gasteiger partial charge in [-0.25, -0.2) is 4.79 Å². The maximum Gasteiger partial charge on any atom is 0.325 e. The number of hydrogen-bond acceptors (Lipinski definition) is 5. The smallest absolute Gasteiger partial charge is 0.325 e. The lowest BCUT2D eigenvalue weighted by atomic mass is 10.0. The van der Waals surface area contributed by atoms with Crippen LogP contribution in [0.5, 0.6) is 0 Å². The summed E-state index contributed by atoms with van der Waals surface area (Å²) in [4.78, 5) is 48.8. The van der Waals surface area contributed by atoms with Crippen molar-refractivity contribution in [1.82, 2.24) is 24.8 Å². The predicted molar refractivity (Wildman–Crippen MR) is 96.7 cm³/mol. The third-order valence-corrected chi connectivity index (χ3v) is 4.79. The number of pyridine rings is 1. The van der Waals surface area contributed by atoms with E-state index >= 15 is 0 Å². The third kappa shape index (κ3) is 4.45. The molecule has 2 N–H and O–H groups in total. The number of piperidine rings is 1. The van der Waals surface area contributed by atoms with Crippen molar-refractivity contribution in [3.05, 3.63) is 62.7 Å². The molecule has 0 radical (unpaired) electrons. The van der Waals surface area contributed by atoms with Gasteiger partial charge in [-0.2, -0.15) is 0 Å². The Kier molecular flexibility index (Phi) is 5.62. The van der Waals surface area contributed by atoms with Crippen molar-refractivity contribution in [2.45, 2.75) is 31.8 Å². The van der Waals surface area contributed by atoms with Gasteiger partial charge in [-0.05, 0) is 50.7 Å². The fourth-order valence-electron chi connectivity index (χ4n) is 3.25. The number of hydrogen-bond donors (Lipinski definition) is 2. The topological polar surface area (TPSA) is 102 Å². The average molecular weight is 357 g/mol. The zero-order chi connectivity index (χ0) is 18.5. The van der Waals surface area contributed by atoms with Crippen LogP contribution in [0.4, 0.5) is 0 Å². The van der Waals surface area contributed by atoms with Crippen molar-refractivity contribution in [2.24, 2.45) is 0 Å². The quantitative estimate of drug-likeness (QED) is 0.792. The second kappa shape index (κ2) is 8.09. The van der Waals surface area contributed by atoms with Crippen LogP contribution in [0.3, 0.4) is 0 Å². The highest BCUT2D eigenvalue weighted by Gasteiger charge is 2.27. The van der Waals surface area contributed by atoms with E-state index in [0.29, 0.717) is 6.54 Å². The van der Waals surface area contributed by atoms with E-state index in [1.807, 2.05) is 17.0 Å². The summed E-state index contributed by atoms with van der Waals surface area (Å²) >= 11 is 0. The van der Waals surface area contributed by atoms with Gasteiger partial charge in [-0.3, -0.25) is 19.6 Å². The van der Waals surface area contributed by atoms with Gasteiger partial charge in [0.15, 0.2) is 0 Å². The Morgan fingerprint density at radius 3 is 2.62 bits per heavy atom. The molecule has 3 heterocycles. The highest BCUT2D eigenvalue weighted by molar-refractivity contribution is 5.79. The maximum absolute atomic E-state index is 13.0. The number of H-pyrrole nitrogens is 2. The van der Waals surface area contributed by atoms with Gasteiger partial charge in [-0.15, -0.1) is 0 Å². The van der Waals surface area contributed by atoms with E-state index in [0.717, 1.165) is 31.5 Å². The van der Waals surface area contributed by atoms with Gasteiger partial charge >= 0.3 is 5.69 Å². The molecule has 138 valence electrons. The first-order valence-electron chi connectivity index (χ1n) is 8.70. The Morgan fingerprint density at radius 1 is 1.27 bits per heavy atom. The van der Waals surface area contributed by atoms with E-state index in [1.165, 1.54) is 6.20 Å². The van der Waals surface area contributed by atoms with E-state index in [1.54, 1.807) is 12.4 Å². The van der Waals surface area contributed by atoms with Crippen molar-refractivity contribution < 1.29 is 4.79 Å². The van der Waals surface area contributed by atoms with E-state index in [4.69, 9.17) is 0 Å². The summed E-state index contributed by atoms with van der Waals surface area (Å²) in [5.74, 6) is -0.117. The van der Waals surface area contributed by atoms with Crippen LogP contribution in [-0.2, 0) is 17.8 Å². The molecule has 0 atom stereocenters. The van der Waals surface area contributed by atoms with Crippen LogP contribution in [0.2, 0.25) is 0 Å². The van der Waals surface area contributed by atoms with Crippen molar-refractivity contribution >= 4 is 5.91 Å². The molecule has 1 aliphatic rings. The molecule has 0 aliphatic carbocycles. The molecule has 0 unspecified atom stereocenters. The van der Waals surface area contributed by atoms with Crippen molar-refractivity contribution in [2.75, 3.05) is 20.1 Å². The van der Waals surface area contributed by atoms with Crippen LogP contribution in [-0.4, -0.2) is 56.8 Å². The summed E-state index contributed by atoms with van der Waals surface area (Å²) in [7, 11) is 2.07. The largest absolute Gasteiger partial charge is 0.335 e. The molecule has 8 heteroatoms. The number of rotatable bonds is 5. The Labute approximate surface area is 150 Å².